The van der Waals surface area contributed by atoms with Crippen molar-refractivity contribution in [1.29, 1.82) is 0 Å². The van der Waals surface area contributed by atoms with E-state index in [9.17, 15) is 9.59 Å². The van der Waals surface area contributed by atoms with Crippen LogP contribution < -0.4 is 10.2 Å². The molecule has 2 N–H and O–H groups in total. The highest BCUT2D eigenvalue weighted by Crippen LogP contribution is 2.10. The molecule has 0 unspecified atom stereocenters. The minimum Gasteiger partial charge on any atom is -0.392 e. The van der Waals surface area contributed by atoms with Crippen molar-refractivity contribution in [3.05, 3.63) is 50.6 Å². The summed E-state index contributed by atoms with van der Waals surface area (Å²) < 4.78 is 1.69. The van der Waals surface area contributed by atoms with Crippen molar-refractivity contribution in [2.45, 2.75) is 32.9 Å². The number of nitrogens with one attached hydrogen (secondary N) is 1. The lowest BCUT2D eigenvalue weighted by molar-refractivity contribution is -0.116. The first-order valence-corrected chi connectivity index (χ1v) is 7.62. The van der Waals surface area contributed by atoms with Crippen LogP contribution in [-0.2, 0) is 17.9 Å². The van der Waals surface area contributed by atoms with Gasteiger partial charge in [0.15, 0.2) is 0 Å². The van der Waals surface area contributed by atoms with E-state index >= 15 is 0 Å². The van der Waals surface area contributed by atoms with Gasteiger partial charge in [0.1, 0.15) is 0 Å². The fraction of sp³-hybridized carbons (Fsp3) is 0.333. The lowest BCUT2D eigenvalue weighted by Crippen LogP contribution is -2.17. The molecule has 6 heteroatoms. The number of carbonyl (C=O) groups is 1. The summed E-state index contributed by atoms with van der Waals surface area (Å²) in [5.74, 6) is -0.0762. The Kier molecular flexibility index (Phi) is 5.30. The fourth-order valence-corrected chi connectivity index (χ4v) is 2.75. The van der Waals surface area contributed by atoms with Gasteiger partial charge in [-0.25, -0.2) is 0 Å². The van der Waals surface area contributed by atoms with Gasteiger partial charge in [0.2, 0.25) is 5.91 Å². The van der Waals surface area contributed by atoms with E-state index in [0.29, 0.717) is 25.1 Å². The Balaban J connectivity index is 1.80. The van der Waals surface area contributed by atoms with E-state index in [2.05, 4.69) is 5.32 Å². The zero-order valence-corrected chi connectivity index (χ0v) is 12.7. The first-order valence-electron chi connectivity index (χ1n) is 6.74. The number of aliphatic hydroxyl groups excluding tert-OH is 1. The number of carbonyl (C=O) groups excluding carboxylic acids is 1. The average molecular weight is 306 g/mol. The number of amides is 1. The molecule has 1 amide bonds. The minimum atomic E-state index is -0.0762. The van der Waals surface area contributed by atoms with Crippen molar-refractivity contribution >= 4 is 22.9 Å². The molecule has 0 spiro atoms. The number of nitrogens with zero attached hydrogens (tertiary/aromatic N) is 1. The summed E-state index contributed by atoms with van der Waals surface area (Å²) in [5, 5.41) is 13.6. The number of thiazole rings is 1. The normalized spacial score (nSPS) is 10.6. The van der Waals surface area contributed by atoms with Crippen LogP contribution >= 0.6 is 11.3 Å². The van der Waals surface area contributed by atoms with Crippen LogP contribution in [0.5, 0.6) is 0 Å². The SMILES string of the molecule is Cc1csc(=O)n1CCCC(=O)Nc1ccc(CO)cc1. The van der Waals surface area contributed by atoms with Gasteiger partial charge in [-0.15, -0.1) is 0 Å². The third-order valence-corrected chi connectivity index (χ3v) is 4.06. The second-order valence-electron chi connectivity index (χ2n) is 4.80. The highest BCUT2D eigenvalue weighted by molar-refractivity contribution is 7.07. The average Bonchev–Trinajstić information content (AvgIpc) is 2.80. The van der Waals surface area contributed by atoms with E-state index in [1.54, 1.807) is 28.8 Å². The highest BCUT2D eigenvalue weighted by Gasteiger charge is 2.05. The molecule has 1 heterocycles. The molecule has 0 radical (unpaired) electrons. The number of aromatic nitrogens is 1. The zero-order chi connectivity index (χ0) is 15.2. The van der Waals surface area contributed by atoms with Crippen molar-refractivity contribution in [3.8, 4) is 0 Å². The van der Waals surface area contributed by atoms with Crippen LogP contribution in [0.1, 0.15) is 24.1 Å². The first kappa shape index (κ1) is 15.5. The molecular weight excluding hydrogens is 288 g/mol. The summed E-state index contributed by atoms with van der Waals surface area (Å²) >= 11 is 1.18. The number of rotatable bonds is 6. The lowest BCUT2D eigenvalue weighted by Gasteiger charge is -2.07. The Morgan fingerprint density at radius 2 is 2.05 bits per heavy atom. The second-order valence-corrected chi connectivity index (χ2v) is 5.62. The molecule has 1 aromatic heterocycles. The Bertz CT molecular complexity index is 658. The van der Waals surface area contributed by atoms with Crippen molar-refractivity contribution in [2.75, 3.05) is 5.32 Å². The Morgan fingerprint density at radius 3 is 2.62 bits per heavy atom. The third kappa shape index (κ3) is 4.27. The molecule has 0 aliphatic rings. The Hall–Kier alpha value is -1.92. The highest BCUT2D eigenvalue weighted by atomic mass is 32.1. The van der Waals surface area contributed by atoms with Gasteiger partial charge in [-0.3, -0.25) is 9.59 Å². The van der Waals surface area contributed by atoms with Gasteiger partial charge in [-0.05, 0) is 31.0 Å². The largest absolute Gasteiger partial charge is 0.392 e. The van der Waals surface area contributed by atoms with Crippen LogP contribution in [0, 0.1) is 6.92 Å². The molecule has 0 atom stereocenters. The van der Waals surface area contributed by atoms with Gasteiger partial charge < -0.3 is 15.0 Å². The van der Waals surface area contributed by atoms with Crippen molar-refractivity contribution in [3.63, 3.8) is 0 Å². The summed E-state index contributed by atoms with van der Waals surface area (Å²) in [6, 6.07) is 7.06. The monoisotopic (exact) mass is 306 g/mol. The van der Waals surface area contributed by atoms with Gasteiger partial charge in [0.05, 0.1) is 6.61 Å². The molecule has 0 aliphatic carbocycles. The van der Waals surface area contributed by atoms with Crippen LogP contribution in [-0.4, -0.2) is 15.6 Å². The summed E-state index contributed by atoms with van der Waals surface area (Å²) in [5.41, 5.74) is 2.45. The topological polar surface area (TPSA) is 71.3 Å². The Labute approximate surface area is 126 Å². The minimum absolute atomic E-state index is 0.0109. The number of benzene rings is 1. The number of aryl methyl sites for hydroxylation is 1. The van der Waals surface area contributed by atoms with Crippen LogP contribution in [0.2, 0.25) is 0 Å². The van der Waals surface area contributed by atoms with Crippen LogP contribution in [0.25, 0.3) is 0 Å². The van der Waals surface area contributed by atoms with Gasteiger partial charge in [-0.1, -0.05) is 23.5 Å². The molecular formula is C15H18N2O3S. The van der Waals surface area contributed by atoms with E-state index in [1.807, 2.05) is 12.3 Å². The molecule has 2 rings (SSSR count). The zero-order valence-electron chi connectivity index (χ0n) is 11.8. The van der Waals surface area contributed by atoms with Crippen molar-refractivity contribution < 1.29 is 9.90 Å². The summed E-state index contributed by atoms with van der Waals surface area (Å²) in [7, 11) is 0. The van der Waals surface area contributed by atoms with Crippen LogP contribution in [0.3, 0.4) is 0 Å². The molecule has 0 fully saturated rings. The van der Waals surface area contributed by atoms with Crippen LogP contribution in [0.15, 0.2) is 34.4 Å². The summed E-state index contributed by atoms with van der Waals surface area (Å²) in [6.45, 7) is 2.44. The molecule has 5 nitrogen and oxygen atoms in total. The molecule has 1 aromatic carbocycles. The van der Waals surface area contributed by atoms with Gasteiger partial charge in [0, 0.05) is 29.7 Å². The maximum absolute atomic E-state index is 11.8. The van der Waals surface area contributed by atoms with E-state index < -0.39 is 0 Å². The molecule has 0 saturated carbocycles. The maximum Gasteiger partial charge on any atom is 0.307 e. The number of anilines is 1. The second kappa shape index (κ2) is 7.19. The summed E-state index contributed by atoms with van der Waals surface area (Å²) in [4.78, 5) is 23.4. The number of hydrogen-bond donors (Lipinski definition) is 2. The number of hydrogen-bond acceptors (Lipinski definition) is 4. The number of aliphatic hydroxyl groups is 1. The fourth-order valence-electron chi connectivity index (χ4n) is 1.99. The lowest BCUT2D eigenvalue weighted by atomic mass is 10.2. The smallest absolute Gasteiger partial charge is 0.307 e. The Morgan fingerprint density at radius 1 is 1.33 bits per heavy atom. The van der Waals surface area contributed by atoms with Gasteiger partial charge in [0.25, 0.3) is 0 Å². The predicted octanol–water partition coefficient (Wildman–Crippen LogP) is 2.13. The molecule has 2 aromatic rings. The first-order chi connectivity index (χ1) is 10.1. The van der Waals surface area contributed by atoms with E-state index in [-0.39, 0.29) is 17.4 Å². The van der Waals surface area contributed by atoms with E-state index in [0.717, 1.165) is 11.3 Å². The van der Waals surface area contributed by atoms with E-state index in [4.69, 9.17) is 5.11 Å². The van der Waals surface area contributed by atoms with Crippen molar-refractivity contribution in [1.82, 2.24) is 4.57 Å². The van der Waals surface area contributed by atoms with Crippen molar-refractivity contribution in [2.24, 2.45) is 0 Å². The molecule has 21 heavy (non-hydrogen) atoms. The summed E-state index contributed by atoms with van der Waals surface area (Å²) in [6.07, 6.45) is 0.988. The predicted molar refractivity (Wildman–Crippen MR) is 83.5 cm³/mol. The molecule has 0 bridgehead atoms. The molecule has 112 valence electrons. The quantitative estimate of drug-likeness (QED) is 0.859. The van der Waals surface area contributed by atoms with Crippen LogP contribution in [0.4, 0.5) is 5.69 Å². The molecule has 0 saturated heterocycles. The third-order valence-electron chi connectivity index (χ3n) is 3.18. The molecule has 0 aliphatic heterocycles. The maximum atomic E-state index is 11.8. The van der Waals surface area contributed by atoms with Gasteiger partial charge >= 0.3 is 4.87 Å². The van der Waals surface area contributed by atoms with Gasteiger partial charge in [-0.2, -0.15) is 0 Å². The standard InChI is InChI=1S/C15H18N2O3S/c1-11-10-21-15(20)17(11)8-2-3-14(19)16-13-6-4-12(9-18)5-7-13/h4-7,10,18H,2-3,8-9H2,1H3,(H,16,19). The van der Waals surface area contributed by atoms with E-state index in [1.165, 1.54) is 11.3 Å².